The molecule has 0 bridgehead atoms. The molecule has 0 saturated heterocycles. The highest BCUT2D eigenvalue weighted by atomic mass is 32.2. The number of thioether (sulfide) groups is 1. The highest BCUT2D eigenvalue weighted by Crippen LogP contribution is 2.09. The quantitative estimate of drug-likeness (QED) is 0.0175. The lowest BCUT2D eigenvalue weighted by Crippen LogP contribution is -2.59. The monoisotopic (exact) mass is 845 g/mol. The maximum absolute atomic E-state index is 13.7. The minimum atomic E-state index is -1.52. The molecule has 0 radical (unpaired) electrons. The molecule has 0 unspecified atom stereocenters. The lowest BCUT2D eigenvalue weighted by Gasteiger charge is -2.27. The number of hydrogen-bond acceptors (Lipinski definition) is 13. The number of carboxylic acids is 1. The van der Waals surface area contributed by atoms with Crippen molar-refractivity contribution < 1.29 is 48.3 Å². The molecule has 8 amide bonds. The van der Waals surface area contributed by atoms with Crippen molar-refractivity contribution in [2.24, 2.45) is 55.9 Å². The molecule has 0 aromatic carbocycles. The van der Waals surface area contributed by atoms with Gasteiger partial charge in [0.1, 0.15) is 30.2 Å². The minimum absolute atomic E-state index is 0.00685. The molecule has 0 aromatic heterocycles. The summed E-state index contributed by atoms with van der Waals surface area (Å²) in [7, 11) is 0. The van der Waals surface area contributed by atoms with Crippen molar-refractivity contribution in [2.45, 2.75) is 107 Å². The van der Waals surface area contributed by atoms with Crippen LogP contribution in [-0.2, 0) is 43.2 Å². The Kier molecular flexibility index (Phi) is 25.6. The van der Waals surface area contributed by atoms with Gasteiger partial charge < -0.3 is 77.6 Å². The van der Waals surface area contributed by atoms with Gasteiger partial charge in [-0.15, -0.1) is 0 Å². The smallest absolute Gasteiger partial charge is 0.326 e. The van der Waals surface area contributed by atoms with Crippen LogP contribution < -0.4 is 72.5 Å². The largest absolute Gasteiger partial charge is 0.480 e. The highest BCUT2D eigenvalue weighted by molar-refractivity contribution is 7.98. The van der Waals surface area contributed by atoms with Gasteiger partial charge in [-0.1, -0.05) is 0 Å². The van der Waals surface area contributed by atoms with E-state index in [-0.39, 0.29) is 89.2 Å². The van der Waals surface area contributed by atoms with E-state index in [4.69, 9.17) is 45.9 Å². The minimum Gasteiger partial charge on any atom is -0.480 e. The van der Waals surface area contributed by atoms with Gasteiger partial charge in [0, 0.05) is 32.4 Å². The van der Waals surface area contributed by atoms with E-state index in [9.17, 15) is 48.3 Å². The van der Waals surface area contributed by atoms with Crippen LogP contribution in [0.25, 0.3) is 0 Å². The van der Waals surface area contributed by atoms with Crippen LogP contribution in [0.4, 0.5) is 0 Å². The van der Waals surface area contributed by atoms with Crippen molar-refractivity contribution in [1.82, 2.24) is 26.6 Å². The molecule has 0 aliphatic carbocycles. The zero-order valence-electron chi connectivity index (χ0n) is 32.4. The number of aliphatic imine (C=N–C) groups is 2. The molecule has 0 saturated carbocycles. The predicted molar refractivity (Wildman–Crippen MR) is 213 cm³/mol. The van der Waals surface area contributed by atoms with Crippen LogP contribution in [-0.4, -0.2) is 132 Å². The number of hydrogen-bond donors (Lipinski definition) is 14. The number of rotatable bonds is 31. The van der Waals surface area contributed by atoms with Crippen molar-refractivity contribution in [3.8, 4) is 0 Å². The summed E-state index contributed by atoms with van der Waals surface area (Å²) in [5.41, 5.74) is 42.9. The summed E-state index contributed by atoms with van der Waals surface area (Å²) in [4.78, 5) is 121. The second-order valence-electron chi connectivity index (χ2n) is 12.9. The lowest BCUT2D eigenvalue weighted by atomic mass is 10.0. The number of carbonyl (C=O) groups excluding carboxylic acids is 8. The number of amides is 8. The number of aliphatic carboxylic acids is 1. The molecule has 328 valence electrons. The van der Waals surface area contributed by atoms with Gasteiger partial charge in [0.05, 0.1) is 6.04 Å². The first-order chi connectivity index (χ1) is 27.2. The van der Waals surface area contributed by atoms with Crippen molar-refractivity contribution in [3.63, 3.8) is 0 Å². The molecule has 0 aromatic rings. The number of nitrogens with two attached hydrogens (primary N) is 8. The summed E-state index contributed by atoms with van der Waals surface area (Å²) >= 11 is 1.31. The fourth-order valence-electron chi connectivity index (χ4n) is 4.95. The Morgan fingerprint density at radius 1 is 0.500 bits per heavy atom. The van der Waals surface area contributed by atoms with Gasteiger partial charge in [0.15, 0.2) is 11.9 Å². The number of carbonyl (C=O) groups is 9. The summed E-state index contributed by atoms with van der Waals surface area (Å²) in [6.45, 7) is 0.108. The topological polar surface area (TPSA) is 467 Å². The summed E-state index contributed by atoms with van der Waals surface area (Å²) in [5, 5.41) is 21.9. The van der Waals surface area contributed by atoms with Crippen LogP contribution in [0.3, 0.4) is 0 Å². The molecule has 0 aliphatic rings. The van der Waals surface area contributed by atoms with Gasteiger partial charge in [-0.2, -0.15) is 11.8 Å². The van der Waals surface area contributed by atoms with Crippen LogP contribution in [0, 0.1) is 0 Å². The Labute approximate surface area is 339 Å². The van der Waals surface area contributed by atoms with Crippen molar-refractivity contribution in [2.75, 3.05) is 25.1 Å². The summed E-state index contributed by atoms with van der Waals surface area (Å²) in [6, 6.07) is -8.35. The number of carboxylic acid groups (broad SMARTS) is 1. The third kappa shape index (κ3) is 23.9. The van der Waals surface area contributed by atoms with E-state index in [1.807, 2.05) is 0 Å². The van der Waals surface area contributed by atoms with Crippen LogP contribution in [0.1, 0.15) is 70.6 Å². The van der Waals surface area contributed by atoms with Gasteiger partial charge in [-0.05, 0) is 63.4 Å². The van der Waals surface area contributed by atoms with E-state index in [0.29, 0.717) is 5.75 Å². The number of primary amides is 3. The Morgan fingerprint density at radius 3 is 1.19 bits per heavy atom. The second kappa shape index (κ2) is 28.5. The van der Waals surface area contributed by atoms with Gasteiger partial charge in [-0.3, -0.25) is 48.3 Å². The molecule has 0 heterocycles. The van der Waals surface area contributed by atoms with E-state index in [1.165, 1.54) is 11.8 Å². The molecule has 26 heteroatoms. The van der Waals surface area contributed by atoms with Crippen molar-refractivity contribution >= 4 is 76.9 Å². The number of guanidine groups is 2. The van der Waals surface area contributed by atoms with Crippen molar-refractivity contribution in [3.05, 3.63) is 0 Å². The molecular formula is C32H59N15O10S. The fourth-order valence-corrected chi connectivity index (χ4v) is 5.42. The average Bonchev–Trinajstić information content (AvgIpc) is 3.13. The first kappa shape index (κ1) is 52.1. The van der Waals surface area contributed by atoms with Gasteiger partial charge >= 0.3 is 5.97 Å². The maximum Gasteiger partial charge on any atom is 0.326 e. The van der Waals surface area contributed by atoms with Gasteiger partial charge in [0.2, 0.25) is 47.3 Å². The molecule has 22 N–H and O–H groups in total. The Balaban J connectivity index is 6.38. The van der Waals surface area contributed by atoms with E-state index in [1.54, 1.807) is 6.26 Å². The SMILES string of the molecule is CSCC[C@H](NC(=O)[C@H](CCC(N)=O)NC(=O)[C@@H](N)CCC(N)=O)C(=O)N[C@@H](CCC(N)=O)C(=O)N[C@@H](CCCN=C(N)N)C(=O)N[C@@H](CCCN=C(N)N)C(=O)O. The first-order valence-corrected chi connectivity index (χ1v) is 19.5. The normalized spacial score (nSPS) is 13.8. The maximum atomic E-state index is 13.7. The number of nitrogens with one attached hydrogen (secondary N) is 5. The van der Waals surface area contributed by atoms with E-state index >= 15 is 0 Å². The van der Waals surface area contributed by atoms with Crippen LogP contribution >= 0.6 is 11.8 Å². The van der Waals surface area contributed by atoms with E-state index in [2.05, 4.69) is 36.6 Å². The Bertz CT molecular complexity index is 1490. The lowest BCUT2D eigenvalue weighted by molar-refractivity contribution is -0.142. The molecule has 0 rings (SSSR count). The third-order valence-electron chi connectivity index (χ3n) is 8.05. The van der Waals surface area contributed by atoms with Crippen LogP contribution in [0.15, 0.2) is 9.98 Å². The Hall–Kier alpha value is -5.92. The summed E-state index contributed by atoms with van der Waals surface area (Å²) in [6.07, 6.45) is 0.0626. The second-order valence-corrected chi connectivity index (χ2v) is 13.9. The highest BCUT2D eigenvalue weighted by Gasteiger charge is 2.33. The molecule has 58 heavy (non-hydrogen) atoms. The fraction of sp³-hybridized carbons (Fsp3) is 0.656. The third-order valence-corrected chi connectivity index (χ3v) is 8.69. The van der Waals surface area contributed by atoms with Crippen LogP contribution in [0.5, 0.6) is 0 Å². The van der Waals surface area contributed by atoms with Gasteiger partial charge in [-0.25, -0.2) is 4.79 Å². The summed E-state index contributed by atoms with van der Waals surface area (Å²) < 4.78 is 0. The molecule has 6 atom stereocenters. The van der Waals surface area contributed by atoms with Crippen LogP contribution in [0.2, 0.25) is 0 Å². The molecule has 25 nitrogen and oxygen atoms in total. The van der Waals surface area contributed by atoms with E-state index in [0.717, 1.165) is 0 Å². The average molecular weight is 846 g/mol. The zero-order valence-corrected chi connectivity index (χ0v) is 33.2. The predicted octanol–water partition coefficient (Wildman–Crippen LogP) is -6.52. The molecule has 0 aliphatic heterocycles. The first-order valence-electron chi connectivity index (χ1n) is 18.1. The standard InChI is InChI=1S/C32H59N15O10S/c1-58-15-12-20(46-27(53)18(7-10-23(35)49)43-25(51)16(33)6-9-22(34)48)29(55)45-19(8-11-24(36)50)28(54)44-17(4-2-13-41-31(37)38)26(52)47-21(30(56)57)5-3-14-42-32(39)40/h16-21H,2-15,33H2,1H3,(H2,34,48)(H2,35,49)(H2,36,50)(H,43,51)(H,44,54)(H,45,55)(H,46,53)(H,47,52)(H,56,57)(H4,37,38,41)(H4,39,40,42)/t16-,17-,18-,19-,20-,21-/m0/s1. The summed E-state index contributed by atoms with van der Waals surface area (Å²) in [5.74, 6) is -8.41. The van der Waals surface area contributed by atoms with E-state index < -0.39 is 95.9 Å². The zero-order chi connectivity index (χ0) is 44.4. The number of nitrogens with zero attached hydrogens (tertiary/aromatic N) is 2. The van der Waals surface area contributed by atoms with Gasteiger partial charge in [0.25, 0.3) is 0 Å². The van der Waals surface area contributed by atoms with Crippen molar-refractivity contribution in [1.29, 1.82) is 0 Å². The molecule has 0 spiro atoms. The Morgan fingerprint density at radius 2 is 0.828 bits per heavy atom. The molecular weight excluding hydrogens is 787 g/mol. The molecule has 0 fully saturated rings.